The van der Waals surface area contributed by atoms with E-state index in [1.54, 1.807) is 30.3 Å². The van der Waals surface area contributed by atoms with E-state index < -0.39 is 23.5 Å². The molecule has 2 atom stereocenters. The number of aromatic nitrogens is 2. The lowest BCUT2D eigenvalue weighted by Crippen LogP contribution is -2.58. The monoisotopic (exact) mass is 462 g/mol. The Balaban J connectivity index is 1.84. The van der Waals surface area contributed by atoms with E-state index in [9.17, 15) is 18.0 Å². The molecule has 1 aromatic carbocycles. The number of rotatable bonds is 6. The predicted octanol–water partition coefficient (Wildman–Crippen LogP) is 3.60. The first-order valence-electron chi connectivity index (χ1n) is 10.6. The maximum atomic E-state index is 14.6. The standard InChI is InChI=1S/C23H25F3N4O3/c1-32-21-19(30-12-10-16(13-18(30)28-21)17-9-6-11-27-14-17)22(33-2,23(24,25)26)29-20(31)15-7-4-3-5-8-15/h3-5,7-8,10,12-13,17,27H,6,9,11,14H2,1-2H3,(H,29,31). The normalized spacial score (nSPS) is 18.6. The van der Waals surface area contributed by atoms with Crippen LogP contribution in [0, 0.1) is 0 Å². The van der Waals surface area contributed by atoms with Crippen molar-refractivity contribution in [3.63, 3.8) is 0 Å². The van der Waals surface area contributed by atoms with E-state index in [1.807, 2.05) is 5.32 Å². The van der Waals surface area contributed by atoms with Gasteiger partial charge in [-0.3, -0.25) is 9.20 Å². The highest BCUT2D eigenvalue weighted by molar-refractivity contribution is 5.94. The summed E-state index contributed by atoms with van der Waals surface area (Å²) in [7, 11) is 2.12. The van der Waals surface area contributed by atoms with Crippen LogP contribution in [0.1, 0.15) is 40.4 Å². The lowest BCUT2D eigenvalue weighted by molar-refractivity contribution is -0.287. The second-order valence-corrected chi connectivity index (χ2v) is 7.90. The average molecular weight is 462 g/mol. The summed E-state index contributed by atoms with van der Waals surface area (Å²) in [5.41, 5.74) is -2.36. The molecule has 2 N–H and O–H groups in total. The number of fused-ring (bicyclic) bond motifs is 1. The highest BCUT2D eigenvalue weighted by Gasteiger charge is 2.62. The van der Waals surface area contributed by atoms with Gasteiger partial charge in [0, 0.05) is 25.4 Å². The van der Waals surface area contributed by atoms with Gasteiger partial charge in [-0.2, -0.15) is 18.2 Å². The molecule has 0 saturated carbocycles. The Kier molecular flexibility index (Phi) is 6.31. The summed E-state index contributed by atoms with van der Waals surface area (Å²) in [6, 6.07) is 11.1. The minimum atomic E-state index is -5.03. The summed E-state index contributed by atoms with van der Waals surface area (Å²) < 4.78 is 55.3. The summed E-state index contributed by atoms with van der Waals surface area (Å²) >= 11 is 0. The minimum Gasteiger partial charge on any atom is -0.480 e. The summed E-state index contributed by atoms with van der Waals surface area (Å²) in [6.07, 6.45) is -1.52. The number of hydrogen-bond acceptors (Lipinski definition) is 5. The van der Waals surface area contributed by atoms with Crippen molar-refractivity contribution in [1.82, 2.24) is 20.0 Å². The van der Waals surface area contributed by atoms with Gasteiger partial charge in [0.1, 0.15) is 11.3 Å². The average Bonchev–Trinajstić information content (AvgIpc) is 3.21. The number of carbonyl (C=O) groups excluding carboxylic acids is 1. The predicted molar refractivity (Wildman–Crippen MR) is 115 cm³/mol. The van der Waals surface area contributed by atoms with Gasteiger partial charge >= 0.3 is 6.18 Å². The first kappa shape index (κ1) is 23.1. The second kappa shape index (κ2) is 9.03. The molecule has 0 spiro atoms. The van der Waals surface area contributed by atoms with Crippen LogP contribution in [0.25, 0.3) is 5.65 Å². The van der Waals surface area contributed by atoms with Crippen LogP contribution in [0.3, 0.4) is 0 Å². The molecule has 3 heterocycles. The Morgan fingerprint density at radius 1 is 1.21 bits per heavy atom. The molecule has 0 radical (unpaired) electrons. The first-order chi connectivity index (χ1) is 15.8. The van der Waals surface area contributed by atoms with Gasteiger partial charge in [0.05, 0.1) is 7.11 Å². The second-order valence-electron chi connectivity index (χ2n) is 7.90. The SMILES string of the molecule is COc1nc2cc(C3CCCNC3)ccn2c1C(NC(=O)c1ccccc1)(OC)C(F)(F)F. The molecule has 1 saturated heterocycles. The van der Waals surface area contributed by atoms with E-state index in [4.69, 9.17) is 9.47 Å². The highest BCUT2D eigenvalue weighted by atomic mass is 19.4. The third-order valence-corrected chi connectivity index (χ3v) is 5.94. The number of benzene rings is 1. The van der Waals surface area contributed by atoms with Gasteiger partial charge in [0.25, 0.3) is 11.6 Å². The van der Waals surface area contributed by atoms with Crippen LogP contribution < -0.4 is 15.4 Å². The summed E-state index contributed by atoms with van der Waals surface area (Å²) in [5, 5.41) is 5.38. The minimum absolute atomic E-state index is 0.0584. The molecule has 1 aliphatic heterocycles. The van der Waals surface area contributed by atoms with Crippen LogP contribution in [0.15, 0.2) is 48.7 Å². The Hall–Kier alpha value is -3.11. The molecule has 1 amide bonds. The maximum Gasteiger partial charge on any atom is 0.443 e. The molecule has 33 heavy (non-hydrogen) atoms. The number of ether oxygens (including phenoxy) is 2. The van der Waals surface area contributed by atoms with Crippen molar-refractivity contribution in [2.24, 2.45) is 0 Å². The van der Waals surface area contributed by atoms with E-state index in [-0.39, 0.29) is 23.0 Å². The topological polar surface area (TPSA) is 76.9 Å². The number of amides is 1. The molecule has 4 rings (SSSR count). The number of nitrogens with one attached hydrogen (secondary N) is 2. The Labute approximate surface area is 188 Å². The van der Waals surface area contributed by atoms with Crippen molar-refractivity contribution < 1.29 is 27.4 Å². The van der Waals surface area contributed by atoms with Gasteiger partial charge in [-0.15, -0.1) is 0 Å². The maximum absolute atomic E-state index is 14.6. The molecule has 2 aromatic heterocycles. The molecule has 176 valence electrons. The highest BCUT2D eigenvalue weighted by Crippen LogP contribution is 2.44. The largest absolute Gasteiger partial charge is 0.480 e. The number of carbonyl (C=O) groups is 1. The third kappa shape index (κ3) is 4.16. The Morgan fingerprint density at radius 3 is 2.58 bits per heavy atom. The molecule has 10 heteroatoms. The first-order valence-corrected chi connectivity index (χ1v) is 10.6. The fraction of sp³-hybridized carbons (Fsp3) is 0.391. The van der Waals surface area contributed by atoms with E-state index in [0.29, 0.717) is 0 Å². The fourth-order valence-corrected chi connectivity index (χ4v) is 4.24. The molecule has 3 aromatic rings. The van der Waals surface area contributed by atoms with E-state index in [0.717, 1.165) is 38.6 Å². The van der Waals surface area contributed by atoms with Gasteiger partial charge in [-0.25, -0.2) is 0 Å². The van der Waals surface area contributed by atoms with Crippen LogP contribution in [0.5, 0.6) is 5.88 Å². The van der Waals surface area contributed by atoms with Crippen LogP contribution in [0.4, 0.5) is 13.2 Å². The Bertz CT molecular complexity index is 1130. The zero-order valence-corrected chi connectivity index (χ0v) is 18.3. The van der Waals surface area contributed by atoms with E-state index in [2.05, 4.69) is 10.3 Å². The van der Waals surface area contributed by atoms with Gasteiger partial charge in [-0.1, -0.05) is 18.2 Å². The molecule has 7 nitrogen and oxygen atoms in total. The van der Waals surface area contributed by atoms with Crippen molar-refractivity contribution >= 4 is 11.6 Å². The smallest absolute Gasteiger partial charge is 0.443 e. The number of piperidine rings is 1. The Morgan fingerprint density at radius 2 is 1.97 bits per heavy atom. The molecular weight excluding hydrogens is 437 g/mol. The molecule has 1 fully saturated rings. The van der Waals surface area contributed by atoms with Crippen LogP contribution in [-0.4, -0.2) is 48.8 Å². The number of imidazole rings is 1. The number of methoxy groups -OCH3 is 2. The zero-order chi connectivity index (χ0) is 23.6. The van der Waals surface area contributed by atoms with Crippen molar-refractivity contribution in [1.29, 1.82) is 0 Å². The summed E-state index contributed by atoms with van der Waals surface area (Å²) in [6.45, 7) is 1.74. The summed E-state index contributed by atoms with van der Waals surface area (Å²) in [5.74, 6) is -0.999. The molecule has 2 unspecified atom stereocenters. The number of hydrogen-bond donors (Lipinski definition) is 2. The van der Waals surface area contributed by atoms with Gasteiger partial charge in [-0.05, 0) is 55.1 Å². The zero-order valence-electron chi connectivity index (χ0n) is 18.3. The molecular formula is C23H25F3N4O3. The van der Waals surface area contributed by atoms with Crippen molar-refractivity contribution in [2.45, 2.75) is 30.7 Å². The van der Waals surface area contributed by atoms with Crippen molar-refractivity contribution in [2.75, 3.05) is 27.3 Å². The van der Waals surface area contributed by atoms with Crippen LogP contribution in [-0.2, 0) is 10.5 Å². The van der Waals surface area contributed by atoms with E-state index >= 15 is 0 Å². The summed E-state index contributed by atoms with van der Waals surface area (Å²) in [4.78, 5) is 17.1. The lowest BCUT2D eigenvalue weighted by atomic mass is 9.92. The van der Waals surface area contributed by atoms with Gasteiger partial charge < -0.3 is 20.1 Å². The molecule has 0 aliphatic carbocycles. The van der Waals surface area contributed by atoms with E-state index in [1.165, 1.54) is 29.8 Å². The van der Waals surface area contributed by atoms with Crippen molar-refractivity contribution in [3.05, 3.63) is 65.5 Å². The van der Waals surface area contributed by atoms with Crippen LogP contribution in [0.2, 0.25) is 0 Å². The fourth-order valence-electron chi connectivity index (χ4n) is 4.24. The third-order valence-electron chi connectivity index (χ3n) is 5.94. The number of alkyl halides is 3. The molecule has 0 bridgehead atoms. The molecule has 1 aliphatic rings. The van der Waals surface area contributed by atoms with Crippen molar-refractivity contribution in [3.8, 4) is 5.88 Å². The quantitative estimate of drug-likeness (QED) is 0.548. The van der Waals surface area contributed by atoms with Gasteiger partial charge in [0.2, 0.25) is 5.88 Å². The number of nitrogens with zero attached hydrogens (tertiary/aromatic N) is 2. The van der Waals surface area contributed by atoms with Crippen LogP contribution >= 0.6 is 0 Å². The number of halogens is 3. The lowest BCUT2D eigenvalue weighted by Gasteiger charge is -2.34. The van der Waals surface area contributed by atoms with Gasteiger partial charge in [0.15, 0.2) is 0 Å². The number of pyridine rings is 1.